The molecule has 9 heteroatoms. The van der Waals surface area contributed by atoms with Crippen LogP contribution in [0.3, 0.4) is 0 Å². The van der Waals surface area contributed by atoms with Crippen molar-refractivity contribution in [2.45, 2.75) is 17.6 Å². The number of carbonyl (C=O) groups is 1. The number of halogens is 1. The van der Waals surface area contributed by atoms with Crippen molar-refractivity contribution < 1.29 is 18.3 Å². The maximum atomic E-state index is 12.4. The normalized spacial score (nSPS) is 11.6. The molecule has 2 rings (SSSR count). The van der Waals surface area contributed by atoms with Crippen LogP contribution >= 0.6 is 15.9 Å². The molecule has 1 aromatic carbocycles. The van der Waals surface area contributed by atoms with Crippen molar-refractivity contribution in [1.82, 2.24) is 14.8 Å². The lowest BCUT2D eigenvalue weighted by Gasteiger charge is -2.07. The summed E-state index contributed by atoms with van der Waals surface area (Å²) < 4.78 is 26.6. The van der Waals surface area contributed by atoms with Crippen molar-refractivity contribution in [2.24, 2.45) is 7.05 Å². The van der Waals surface area contributed by atoms with Crippen LogP contribution in [0.25, 0.3) is 0 Å². The lowest BCUT2D eigenvalue weighted by molar-refractivity contribution is 0.0695. The molecule has 0 saturated carbocycles. The van der Waals surface area contributed by atoms with Crippen LogP contribution in [0.2, 0.25) is 0 Å². The second-order valence-electron chi connectivity index (χ2n) is 4.43. The number of aryl methyl sites for hydroxylation is 1. The molecule has 0 aliphatic heterocycles. The molecule has 1 aromatic heterocycles. The van der Waals surface area contributed by atoms with Crippen LogP contribution in [0.1, 0.15) is 22.0 Å². The zero-order chi connectivity index (χ0) is 15.8. The van der Waals surface area contributed by atoms with Crippen molar-refractivity contribution in [2.75, 3.05) is 0 Å². The third-order valence-electron chi connectivity index (χ3n) is 3.03. The molecule has 1 N–H and O–H groups in total. The van der Waals surface area contributed by atoms with Crippen LogP contribution in [0.5, 0.6) is 0 Å². The third kappa shape index (κ3) is 3.13. The van der Waals surface area contributed by atoms with E-state index in [4.69, 9.17) is 5.11 Å². The standard InChI is InChI=1S/C12H12BrN3O4S/c1-7-14-15-11(16(7)2)6-21(19,20)8-3-4-10(13)9(5-8)12(17)18/h3-5H,6H2,1-2H3,(H,17,18). The predicted molar refractivity (Wildman–Crippen MR) is 77.7 cm³/mol. The highest BCUT2D eigenvalue weighted by Gasteiger charge is 2.21. The summed E-state index contributed by atoms with van der Waals surface area (Å²) in [6, 6.07) is 3.89. The zero-order valence-corrected chi connectivity index (χ0v) is 13.6. The molecule has 0 fully saturated rings. The van der Waals surface area contributed by atoms with E-state index in [1.807, 2.05) is 0 Å². The zero-order valence-electron chi connectivity index (χ0n) is 11.2. The van der Waals surface area contributed by atoms with Crippen LogP contribution in [0.15, 0.2) is 27.6 Å². The summed E-state index contributed by atoms with van der Waals surface area (Å²) in [5.41, 5.74) is -0.106. The minimum atomic E-state index is -3.70. The number of carboxylic acids is 1. The van der Waals surface area contributed by atoms with Crippen LogP contribution in [-0.2, 0) is 22.6 Å². The van der Waals surface area contributed by atoms with Gasteiger partial charge in [0.05, 0.1) is 10.5 Å². The fourth-order valence-corrected chi connectivity index (χ4v) is 3.44. The van der Waals surface area contributed by atoms with Crippen LogP contribution in [0.4, 0.5) is 0 Å². The van der Waals surface area contributed by atoms with Gasteiger partial charge in [-0.15, -0.1) is 10.2 Å². The van der Waals surface area contributed by atoms with E-state index >= 15 is 0 Å². The van der Waals surface area contributed by atoms with E-state index in [9.17, 15) is 13.2 Å². The molecule has 21 heavy (non-hydrogen) atoms. The number of aromatic carboxylic acids is 1. The fraction of sp³-hybridized carbons (Fsp3) is 0.250. The Kier molecular flexibility index (Phi) is 4.15. The van der Waals surface area contributed by atoms with Crippen molar-refractivity contribution >= 4 is 31.7 Å². The number of aromatic nitrogens is 3. The molecule has 112 valence electrons. The SMILES string of the molecule is Cc1nnc(CS(=O)(=O)c2ccc(Br)c(C(=O)O)c2)n1C. The summed E-state index contributed by atoms with van der Waals surface area (Å²) in [5.74, 6) is -0.645. The molecule has 0 saturated heterocycles. The molecular weight excluding hydrogens is 362 g/mol. The molecule has 0 spiro atoms. The number of carboxylic acid groups (broad SMARTS) is 1. The Morgan fingerprint density at radius 2 is 2.05 bits per heavy atom. The first-order valence-electron chi connectivity index (χ1n) is 5.83. The van der Waals surface area contributed by atoms with Crippen LogP contribution in [0, 0.1) is 6.92 Å². The Hall–Kier alpha value is -1.74. The summed E-state index contributed by atoms with van der Waals surface area (Å²) in [7, 11) is -2.03. The largest absolute Gasteiger partial charge is 0.478 e. The van der Waals surface area contributed by atoms with Crippen molar-refractivity contribution in [3.05, 3.63) is 39.9 Å². The van der Waals surface area contributed by atoms with Gasteiger partial charge in [0, 0.05) is 11.5 Å². The molecule has 0 aliphatic rings. The molecule has 1 heterocycles. The molecule has 0 unspecified atom stereocenters. The molecule has 2 aromatic rings. The Balaban J connectivity index is 2.43. The van der Waals surface area contributed by atoms with Crippen molar-refractivity contribution in [3.8, 4) is 0 Å². The summed E-state index contributed by atoms with van der Waals surface area (Å²) >= 11 is 3.08. The van der Waals surface area contributed by atoms with Gasteiger partial charge in [-0.25, -0.2) is 13.2 Å². The molecule has 0 atom stereocenters. The van der Waals surface area contributed by atoms with Crippen LogP contribution < -0.4 is 0 Å². The first-order valence-corrected chi connectivity index (χ1v) is 8.27. The molecule has 0 aliphatic carbocycles. The van der Waals surface area contributed by atoms with Gasteiger partial charge in [-0.05, 0) is 41.1 Å². The summed E-state index contributed by atoms with van der Waals surface area (Å²) in [5, 5.41) is 16.7. The molecule has 0 bridgehead atoms. The van der Waals surface area contributed by atoms with E-state index < -0.39 is 15.8 Å². The first kappa shape index (κ1) is 15.6. The maximum absolute atomic E-state index is 12.4. The number of nitrogens with zero attached hydrogens (tertiary/aromatic N) is 3. The number of rotatable bonds is 4. The van der Waals surface area contributed by atoms with E-state index in [2.05, 4.69) is 26.1 Å². The van der Waals surface area contributed by atoms with Crippen molar-refractivity contribution in [3.63, 3.8) is 0 Å². The summed E-state index contributed by atoms with van der Waals surface area (Å²) in [4.78, 5) is 11.0. The van der Waals surface area contributed by atoms with Gasteiger partial charge < -0.3 is 9.67 Å². The first-order chi connectivity index (χ1) is 9.72. The van der Waals surface area contributed by atoms with Crippen LogP contribution in [-0.4, -0.2) is 34.3 Å². The van der Waals surface area contributed by atoms with Gasteiger partial charge in [0.2, 0.25) is 0 Å². The number of sulfone groups is 1. The van der Waals surface area contributed by atoms with E-state index in [0.717, 1.165) is 6.07 Å². The van der Waals surface area contributed by atoms with Crippen molar-refractivity contribution in [1.29, 1.82) is 0 Å². The second kappa shape index (κ2) is 5.57. The lowest BCUT2D eigenvalue weighted by atomic mass is 10.2. The Labute approximate surface area is 129 Å². The van der Waals surface area contributed by atoms with E-state index in [0.29, 0.717) is 16.1 Å². The van der Waals surface area contributed by atoms with Gasteiger partial charge in [0.1, 0.15) is 17.4 Å². The van der Waals surface area contributed by atoms with Gasteiger partial charge in [0.25, 0.3) is 0 Å². The third-order valence-corrected chi connectivity index (χ3v) is 5.33. The average Bonchev–Trinajstić information content (AvgIpc) is 2.70. The highest BCUT2D eigenvalue weighted by atomic mass is 79.9. The summed E-state index contributed by atoms with van der Waals surface area (Å²) in [6.45, 7) is 1.71. The molecule has 7 nitrogen and oxygen atoms in total. The molecular formula is C12H12BrN3O4S. The van der Waals surface area contributed by atoms with Gasteiger partial charge in [0.15, 0.2) is 9.84 Å². The number of hydrogen-bond donors (Lipinski definition) is 1. The van der Waals surface area contributed by atoms with Gasteiger partial charge in [-0.1, -0.05) is 0 Å². The average molecular weight is 374 g/mol. The van der Waals surface area contributed by atoms with Gasteiger partial charge in [-0.3, -0.25) is 0 Å². The van der Waals surface area contributed by atoms with Gasteiger partial charge in [-0.2, -0.15) is 0 Å². The molecule has 0 amide bonds. The highest BCUT2D eigenvalue weighted by molar-refractivity contribution is 9.10. The van der Waals surface area contributed by atoms with E-state index in [1.54, 1.807) is 18.5 Å². The second-order valence-corrected chi connectivity index (χ2v) is 7.27. The van der Waals surface area contributed by atoms with E-state index in [1.165, 1.54) is 12.1 Å². The molecule has 0 radical (unpaired) electrons. The fourth-order valence-electron chi connectivity index (χ4n) is 1.69. The minimum Gasteiger partial charge on any atom is -0.478 e. The Morgan fingerprint density at radius 1 is 1.38 bits per heavy atom. The number of benzene rings is 1. The maximum Gasteiger partial charge on any atom is 0.336 e. The van der Waals surface area contributed by atoms with Gasteiger partial charge >= 0.3 is 5.97 Å². The monoisotopic (exact) mass is 373 g/mol. The Morgan fingerprint density at radius 3 is 2.57 bits per heavy atom. The number of hydrogen-bond acceptors (Lipinski definition) is 5. The topological polar surface area (TPSA) is 102 Å². The minimum absolute atomic E-state index is 0.0660. The Bertz CT molecular complexity index is 814. The summed E-state index contributed by atoms with van der Waals surface area (Å²) in [6.07, 6.45) is 0. The quantitative estimate of drug-likeness (QED) is 0.872. The lowest BCUT2D eigenvalue weighted by Crippen LogP contribution is -2.11. The smallest absolute Gasteiger partial charge is 0.336 e. The predicted octanol–water partition coefficient (Wildman–Crippen LogP) is 1.56. The highest BCUT2D eigenvalue weighted by Crippen LogP contribution is 2.23. The van der Waals surface area contributed by atoms with E-state index in [-0.39, 0.29) is 16.2 Å².